The van der Waals surface area contributed by atoms with Gasteiger partial charge >= 0.3 is 0 Å². The highest BCUT2D eigenvalue weighted by Crippen LogP contribution is 2.15. The summed E-state index contributed by atoms with van der Waals surface area (Å²) >= 11 is 0. The number of para-hydroxylation sites is 1. The number of nitrogens with two attached hydrogens (primary N) is 1. The van der Waals surface area contributed by atoms with Gasteiger partial charge in [-0.3, -0.25) is 4.79 Å². The quantitative estimate of drug-likeness (QED) is 0.652. The summed E-state index contributed by atoms with van der Waals surface area (Å²) in [6, 6.07) is 10.2. The summed E-state index contributed by atoms with van der Waals surface area (Å²) in [4.78, 5) is 15.2. The molecular weight excluding hydrogens is 319 g/mol. The van der Waals surface area contributed by atoms with Crippen molar-refractivity contribution in [3.05, 3.63) is 77.8 Å². The van der Waals surface area contributed by atoms with Gasteiger partial charge in [-0.1, -0.05) is 18.2 Å². The number of anilines is 1. The summed E-state index contributed by atoms with van der Waals surface area (Å²) in [6.07, 6.45) is 2.15. The van der Waals surface area contributed by atoms with Crippen molar-refractivity contribution >= 4 is 17.4 Å². The average Bonchev–Trinajstić information content (AvgIpc) is 2.52. The molecule has 0 bridgehead atoms. The summed E-state index contributed by atoms with van der Waals surface area (Å²) in [7, 11) is 0. The molecule has 0 fully saturated rings. The molecule has 0 aliphatic heterocycles. The Bertz CT molecular complexity index is 766. The molecule has 4 nitrogen and oxygen atoms in total. The molecule has 0 saturated heterocycles. The molecule has 2 rings (SSSR count). The minimum atomic E-state index is -1.14. The fourth-order valence-electron chi connectivity index (χ4n) is 1.87. The highest BCUT2D eigenvalue weighted by molar-refractivity contribution is 6.00. The van der Waals surface area contributed by atoms with Crippen LogP contribution in [0.1, 0.15) is 5.56 Å². The predicted molar refractivity (Wildman–Crippen MR) is 85.9 cm³/mol. The molecule has 0 heterocycles. The largest absolute Gasteiger partial charge is 0.384 e. The van der Waals surface area contributed by atoms with Crippen molar-refractivity contribution in [1.29, 1.82) is 0 Å². The smallest absolute Gasteiger partial charge is 0.252 e. The van der Waals surface area contributed by atoms with Crippen LogP contribution in [0.15, 0.2) is 59.7 Å². The van der Waals surface area contributed by atoms with Crippen LogP contribution in [0.3, 0.4) is 0 Å². The summed E-state index contributed by atoms with van der Waals surface area (Å²) in [6.45, 7) is 0. The van der Waals surface area contributed by atoms with E-state index in [-0.39, 0.29) is 5.84 Å². The van der Waals surface area contributed by atoms with Gasteiger partial charge in [0.25, 0.3) is 5.91 Å². The Kier molecular flexibility index (Phi) is 5.73. The molecule has 2 aromatic rings. The lowest BCUT2D eigenvalue weighted by Gasteiger charge is -2.03. The van der Waals surface area contributed by atoms with Gasteiger partial charge in [-0.2, -0.15) is 4.99 Å². The van der Waals surface area contributed by atoms with Crippen LogP contribution in [0.2, 0.25) is 0 Å². The van der Waals surface area contributed by atoms with E-state index >= 15 is 0 Å². The number of hydrogen-bond donors (Lipinski definition) is 2. The first-order chi connectivity index (χ1) is 11.5. The predicted octanol–water partition coefficient (Wildman–Crippen LogP) is 3.16. The Hall–Kier alpha value is -3.09. The number of nitrogens with one attached hydrogen (secondary N) is 1. The maximum absolute atomic E-state index is 13.5. The molecule has 0 unspecified atom stereocenters. The average molecular weight is 333 g/mol. The van der Waals surface area contributed by atoms with Crippen LogP contribution in [0.5, 0.6) is 0 Å². The molecule has 0 aliphatic carbocycles. The highest BCUT2D eigenvalue weighted by Gasteiger charge is 2.14. The van der Waals surface area contributed by atoms with Crippen molar-refractivity contribution in [2.75, 3.05) is 5.32 Å². The van der Waals surface area contributed by atoms with Crippen LogP contribution < -0.4 is 11.1 Å². The third kappa shape index (κ3) is 4.98. The lowest BCUT2D eigenvalue weighted by Crippen LogP contribution is -2.14. The number of halogens is 3. The van der Waals surface area contributed by atoms with Crippen molar-refractivity contribution in [3.8, 4) is 0 Å². The van der Waals surface area contributed by atoms with E-state index < -0.39 is 35.3 Å². The van der Waals surface area contributed by atoms with Gasteiger partial charge in [-0.05, 0) is 18.2 Å². The molecule has 2 aromatic carbocycles. The molecule has 0 aromatic heterocycles. The zero-order chi connectivity index (χ0) is 17.5. The Balaban J connectivity index is 1.99. The second-order valence-electron chi connectivity index (χ2n) is 4.80. The zero-order valence-corrected chi connectivity index (χ0v) is 12.5. The van der Waals surface area contributed by atoms with Crippen molar-refractivity contribution in [2.24, 2.45) is 10.7 Å². The Morgan fingerprint density at radius 1 is 1.12 bits per heavy atom. The second-order valence-corrected chi connectivity index (χ2v) is 4.80. The molecule has 124 valence electrons. The minimum Gasteiger partial charge on any atom is -0.384 e. The van der Waals surface area contributed by atoms with Crippen molar-refractivity contribution in [2.45, 2.75) is 6.42 Å². The number of hydrogen-bond acceptors (Lipinski definition) is 2. The molecule has 0 aliphatic rings. The minimum absolute atomic E-state index is 0.133. The van der Waals surface area contributed by atoms with E-state index in [2.05, 4.69) is 10.3 Å². The lowest BCUT2D eigenvalue weighted by molar-refractivity contribution is -0.117. The molecule has 0 atom stereocenters. The number of carbonyl (C=O) groups is 1. The van der Waals surface area contributed by atoms with E-state index in [9.17, 15) is 18.0 Å². The number of nitrogens with zero attached hydrogens (tertiary/aromatic N) is 1. The maximum atomic E-state index is 13.5. The number of rotatable bonds is 5. The zero-order valence-electron chi connectivity index (χ0n) is 12.5. The van der Waals surface area contributed by atoms with Gasteiger partial charge in [0.2, 0.25) is 0 Å². The summed E-state index contributed by atoms with van der Waals surface area (Å²) < 4.78 is 39.7. The number of amidine groups is 1. The van der Waals surface area contributed by atoms with Gasteiger partial charge in [0.1, 0.15) is 23.3 Å². The standard InChI is InChI=1S/C17H14F3N3O/c18-11-8-14(19)13(15(20)9-11)10-17(24)23-16(21)6-7-22-12-4-2-1-3-5-12/h1-9,22H,10H2,(H2,21,23,24)/b7-6-. The molecule has 0 spiro atoms. The molecule has 24 heavy (non-hydrogen) atoms. The van der Waals surface area contributed by atoms with Crippen LogP contribution in [0.4, 0.5) is 18.9 Å². The Morgan fingerprint density at radius 2 is 1.75 bits per heavy atom. The van der Waals surface area contributed by atoms with E-state index in [4.69, 9.17) is 5.73 Å². The van der Waals surface area contributed by atoms with Crippen molar-refractivity contribution < 1.29 is 18.0 Å². The van der Waals surface area contributed by atoms with E-state index in [1.165, 1.54) is 12.3 Å². The van der Waals surface area contributed by atoms with Gasteiger partial charge in [0.15, 0.2) is 0 Å². The summed E-state index contributed by atoms with van der Waals surface area (Å²) in [5.74, 6) is -4.32. The fraction of sp³-hybridized carbons (Fsp3) is 0.0588. The molecule has 7 heteroatoms. The van der Waals surface area contributed by atoms with E-state index in [1.54, 1.807) is 0 Å². The first-order valence-corrected chi connectivity index (χ1v) is 6.94. The first kappa shape index (κ1) is 17.3. The second kappa shape index (κ2) is 7.96. The van der Waals surface area contributed by atoms with Crippen LogP contribution in [0, 0.1) is 17.5 Å². The third-order valence-electron chi connectivity index (χ3n) is 2.97. The van der Waals surface area contributed by atoms with Gasteiger partial charge in [0.05, 0.1) is 6.42 Å². The summed E-state index contributed by atoms with van der Waals surface area (Å²) in [5.41, 5.74) is 5.80. The van der Waals surface area contributed by atoms with Gasteiger partial charge in [-0.25, -0.2) is 13.2 Å². The Labute approximate surface area is 136 Å². The lowest BCUT2D eigenvalue weighted by atomic mass is 10.1. The number of benzene rings is 2. The van der Waals surface area contributed by atoms with Crippen LogP contribution in [0.25, 0.3) is 0 Å². The van der Waals surface area contributed by atoms with Crippen molar-refractivity contribution in [3.63, 3.8) is 0 Å². The molecule has 0 saturated carbocycles. The molecule has 3 N–H and O–H groups in total. The van der Waals surface area contributed by atoms with E-state index in [0.29, 0.717) is 12.1 Å². The molecule has 1 amide bonds. The van der Waals surface area contributed by atoms with Gasteiger partial charge in [-0.15, -0.1) is 0 Å². The fourth-order valence-corrected chi connectivity index (χ4v) is 1.87. The van der Waals surface area contributed by atoms with Crippen molar-refractivity contribution in [1.82, 2.24) is 0 Å². The van der Waals surface area contributed by atoms with Crippen LogP contribution in [-0.2, 0) is 11.2 Å². The number of amides is 1. The summed E-state index contributed by atoms with van der Waals surface area (Å²) in [5, 5.41) is 2.91. The highest BCUT2D eigenvalue weighted by atomic mass is 19.1. The Morgan fingerprint density at radius 3 is 2.38 bits per heavy atom. The number of aliphatic imine (C=N–C) groups is 1. The van der Waals surface area contributed by atoms with E-state index in [0.717, 1.165) is 5.69 Å². The van der Waals surface area contributed by atoms with Crippen LogP contribution >= 0.6 is 0 Å². The topological polar surface area (TPSA) is 67.5 Å². The third-order valence-corrected chi connectivity index (χ3v) is 2.97. The molecular formula is C17H14F3N3O. The SMILES string of the molecule is NC(/C=C\Nc1ccccc1)=NC(=O)Cc1c(F)cc(F)cc1F. The van der Waals surface area contributed by atoms with Crippen LogP contribution in [-0.4, -0.2) is 11.7 Å². The molecule has 0 radical (unpaired) electrons. The monoisotopic (exact) mass is 333 g/mol. The maximum Gasteiger partial charge on any atom is 0.252 e. The van der Waals surface area contributed by atoms with E-state index in [1.807, 2.05) is 30.3 Å². The number of carbonyl (C=O) groups excluding carboxylic acids is 1. The first-order valence-electron chi connectivity index (χ1n) is 6.94. The normalized spacial score (nSPS) is 11.7. The van der Waals surface area contributed by atoms with Gasteiger partial charge in [0, 0.05) is 29.6 Å². The van der Waals surface area contributed by atoms with Gasteiger partial charge < -0.3 is 11.1 Å².